The number of fused-ring (bicyclic) bond motifs is 1. The van der Waals surface area contributed by atoms with Gasteiger partial charge in [0, 0.05) is 23.8 Å². The number of nitro groups is 1. The monoisotopic (exact) mass is 687 g/mol. The standard InChI is InChI=1S/C30H33N5O12S/c1-5-44-29(41)47-17(2)46-27(39)23-30(3,4)48-26-21(25(38)33(23)26)32-24(37)22(19-9-7-6-8-10-19)34(31-16-36)28(40)45-15-18-11-13-20(14-12-18)35(42)43/h6-14,16-17,21-23,26H,5,15H2,1-4H3,(H,31,36)(H,32,37)/t17-,21+,22?,23+,26-/m1/s1. The molecule has 17 nitrogen and oxygen atoms in total. The van der Waals surface area contributed by atoms with Crippen LogP contribution in [-0.4, -0.2) is 86.4 Å². The molecule has 48 heavy (non-hydrogen) atoms. The lowest BCUT2D eigenvalue weighted by Gasteiger charge is -2.44. The molecule has 2 aromatic carbocycles. The Labute approximate surface area is 278 Å². The molecule has 0 saturated carbocycles. The second-order valence-electron chi connectivity index (χ2n) is 11.0. The Morgan fingerprint density at radius 3 is 2.35 bits per heavy atom. The maximum absolute atomic E-state index is 13.8. The van der Waals surface area contributed by atoms with Gasteiger partial charge in [0.1, 0.15) is 24.1 Å². The lowest BCUT2D eigenvalue weighted by molar-refractivity contribution is -0.384. The van der Waals surface area contributed by atoms with Crippen LogP contribution in [0.1, 0.15) is 44.9 Å². The van der Waals surface area contributed by atoms with Gasteiger partial charge in [0.05, 0.1) is 11.5 Å². The maximum atomic E-state index is 13.8. The highest BCUT2D eigenvalue weighted by molar-refractivity contribution is 8.01. The molecule has 256 valence electrons. The maximum Gasteiger partial charge on any atom is 0.511 e. The van der Waals surface area contributed by atoms with Gasteiger partial charge in [0.2, 0.25) is 24.5 Å². The van der Waals surface area contributed by atoms with Crippen molar-refractivity contribution in [3.8, 4) is 0 Å². The molecule has 2 aliphatic heterocycles. The highest BCUT2D eigenvalue weighted by atomic mass is 32.2. The van der Waals surface area contributed by atoms with E-state index in [0.717, 1.165) is 0 Å². The SMILES string of the molecule is CCOC(=O)O[C@H](C)OC(=O)[C@@H]1N2C(=O)[C@H](NC(=O)C(c3ccccc3)N(NC=O)C(=O)OCc3ccc([N+](=O)[O-])cc3)[C@H]2SC1(C)C. The van der Waals surface area contributed by atoms with E-state index in [1.165, 1.54) is 60.0 Å². The summed E-state index contributed by atoms with van der Waals surface area (Å²) in [5.74, 6) is -2.28. The normalized spacial score (nSPS) is 20.1. The van der Waals surface area contributed by atoms with Crippen molar-refractivity contribution in [3.63, 3.8) is 0 Å². The Hall–Kier alpha value is -5.39. The number of hydrogen-bond donors (Lipinski definition) is 2. The van der Waals surface area contributed by atoms with Crippen molar-refractivity contribution in [2.75, 3.05) is 6.61 Å². The Bertz CT molecular complexity index is 1560. The van der Waals surface area contributed by atoms with Crippen molar-refractivity contribution in [2.45, 2.75) is 68.8 Å². The van der Waals surface area contributed by atoms with Crippen LogP contribution in [0.2, 0.25) is 0 Å². The number of ether oxygens (including phenoxy) is 4. The largest absolute Gasteiger partial charge is 0.511 e. The van der Waals surface area contributed by atoms with Crippen molar-refractivity contribution >= 4 is 53.9 Å². The summed E-state index contributed by atoms with van der Waals surface area (Å²) in [6.45, 7) is 6.04. The number of carbonyl (C=O) groups excluding carboxylic acids is 6. The topological polar surface area (TPSA) is 213 Å². The molecule has 2 N–H and O–H groups in total. The van der Waals surface area contributed by atoms with Gasteiger partial charge in [0.15, 0.2) is 6.04 Å². The minimum absolute atomic E-state index is 0.0559. The van der Waals surface area contributed by atoms with Gasteiger partial charge in [-0.3, -0.25) is 29.9 Å². The van der Waals surface area contributed by atoms with Gasteiger partial charge in [-0.05, 0) is 44.0 Å². The Kier molecular flexibility index (Phi) is 11.1. The van der Waals surface area contributed by atoms with Crippen LogP contribution in [0, 0.1) is 10.1 Å². The van der Waals surface area contributed by atoms with Crippen LogP contribution in [0.4, 0.5) is 15.3 Å². The molecule has 5 atom stereocenters. The summed E-state index contributed by atoms with van der Waals surface area (Å²) in [6.07, 6.45) is -3.29. The number of amides is 4. The van der Waals surface area contributed by atoms with Gasteiger partial charge < -0.3 is 29.2 Å². The molecule has 4 rings (SSSR count). The second kappa shape index (κ2) is 15.0. The van der Waals surface area contributed by atoms with E-state index < -0.39 is 69.5 Å². The number of rotatable bonds is 13. The van der Waals surface area contributed by atoms with E-state index in [1.54, 1.807) is 39.0 Å². The smallest absolute Gasteiger partial charge is 0.443 e. The molecule has 0 aromatic heterocycles. The van der Waals surface area contributed by atoms with Crippen molar-refractivity contribution in [2.24, 2.45) is 0 Å². The van der Waals surface area contributed by atoms with Crippen LogP contribution in [0.25, 0.3) is 0 Å². The average molecular weight is 688 g/mol. The third kappa shape index (κ3) is 7.76. The number of thioether (sulfide) groups is 1. The minimum atomic E-state index is -1.51. The highest BCUT2D eigenvalue weighted by Gasteiger charge is 2.65. The van der Waals surface area contributed by atoms with Gasteiger partial charge in [-0.25, -0.2) is 19.4 Å². The number of nitrogens with zero attached hydrogens (tertiary/aromatic N) is 3. The molecule has 0 spiro atoms. The summed E-state index contributed by atoms with van der Waals surface area (Å²) in [6, 6.07) is 9.45. The molecule has 0 bridgehead atoms. The quantitative estimate of drug-likeness (QED) is 0.0590. The number of nitrogens with one attached hydrogen (secondary N) is 2. The number of carbonyl (C=O) groups is 6. The first kappa shape index (κ1) is 35.5. The number of hydrazine groups is 1. The zero-order valence-corrected chi connectivity index (χ0v) is 27.0. The molecule has 0 radical (unpaired) electrons. The van der Waals surface area contributed by atoms with Crippen molar-refractivity contribution in [1.82, 2.24) is 20.7 Å². The summed E-state index contributed by atoms with van der Waals surface area (Å²) in [5.41, 5.74) is 2.68. The molecule has 2 fully saturated rings. The Morgan fingerprint density at radius 1 is 1.08 bits per heavy atom. The van der Waals surface area contributed by atoms with Gasteiger partial charge in [-0.15, -0.1) is 11.8 Å². The van der Waals surface area contributed by atoms with Gasteiger partial charge in [0.25, 0.3) is 5.69 Å². The first-order valence-electron chi connectivity index (χ1n) is 14.6. The van der Waals surface area contributed by atoms with Crippen LogP contribution in [0.3, 0.4) is 0 Å². The first-order chi connectivity index (χ1) is 22.8. The number of hydrogen-bond acceptors (Lipinski definition) is 13. The van der Waals surface area contributed by atoms with Crippen LogP contribution < -0.4 is 10.7 Å². The first-order valence-corrected chi connectivity index (χ1v) is 15.4. The van der Waals surface area contributed by atoms with Gasteiger partial charge >= 0.3 is 18.2 Å². The molecule has 2 aliphatic rings. The molecule has 2 aromatic rings. The van der Waals surface area contributed by atoms with Gasteiger partial charge in [-0.1, -0.05) is 30.3 Å². The van der Waals surface area contributed by atoms with Crippen LogP contribution in [0.5, 0.6) is 0 Å². The molecule has 2 heterocycles. The minimum Gasteiger partial charge on any atom is -0.443 e. The van der Waals surface area contributed by atoms with E-state index in [1.807, 2.05) is 0 Å². The van der Waals surface area contributed by atoms with E-state index in [0.29, 0.717) is 10.6 Å². The van der Waals surface area contributed by atoms with Crippen molar-refractivity contribution in [1.29, 1.82) is 0 Å². The van der Waals surface area contributed by atoms with Crippen molar-refractivity contribution in [3.05, 3.63) is 75.8 Å². The summed E-state index contributed by atoms with van der Waals surface area (Å²) in [5, 5.41) is 13.5. The predicted octanol–water partition coefficient (Wildman–Crippen LogP) is 2.55. The van der Waals surface area contributed by atoms with E-state index in [4.69, 9.17) is 14.2 Å². The zero-order valence-electron chi connectivity index (χ0n) is 26.2. The number of nitro benzene ring substituents is 1. The van der Waals surface area contributed by atoms with E-state index in [-0.39, 0.29) is 30.9 Å². The van der Waals surface area contributed by atoms with E-state index >= 15 is 0 Å². The molecule has 18 heteroatoms. The summed E-state index contributed by atoms with van der Waals surface area (Å²) in [7, 11) is 0. The Morgan fingerprint density at radius 2 is 1.75 bits per heavy atom. The second-order valence-corrected chi connectivity index (χ2v) is 12.7. The summed E-state index contributed by atoms with van der Waals surface area (Å²) in [4.78, 5) is 88.4. The third-order valence-corrected chi connectivity index (χ3v) is 8.86. The zero-order chi connectivity index (χ0) is 35.2. The molecule has 0 aliphatic carbocycles. The molecular weight excluding hydrogens is 654 g/mol. The fraction of sp³-hybridized carbons (Fsp3) is 0.400. The Balaban J connectivity index is 1.49. The fourth-order valence-corrected chi connectivity index (χ4v) is 6.79. The predicted molar refractivity (Wildman–Crippen MR) is 165 cm³/mol. The molecular formula is C30H33N5O12S. The number of β-lactam (4-membered cyclic amide) rings is 1. The number of non-ortho nitro benzene ring substituents is 1. The highest BCUT2D eigenvalue weighted by Crippen LogP contribution is 2.51. The summed E-state index contributed by atoms with van der Waals surface area (Å²) >= 11 is 1.24. The van der Waals surface area contributed by atoms with Gasteiger partial charge in [-0.2, -0.15) is 0 Å². The van der Waals surface area contributed by atoms with Crippen LogP contribution in [0.15, 0.2) is 54.6 Å². The molecule has 4 amide bonds. The van der Waals surface area contributed by atoms with E-state index in [2.05, 4.69) is 15.5 Å². The third-order valence-electron chi connectivity index (χ3n) is 7.29. The van der Waals surface area contributed by atoms with Crippen LogP contribution in [-0.2, 0) is 44.7 Å². The number of esters is 1. The van der Waals surface area contributed by atoms with Crippen molar-refractivity contribution < 1.29 is 52.6 Å². The lowest BCUT2D eigenvalue weighted by Crippen LogP contribution is -2.71. The molecule has 1 unspecified atom stereocenters. The lowest BCUT2D eigenvalue weighted by atomic mass is 9.95. The molecule has 2 saturated heterocycles. The average Bonchev–Trinajstić information content (AvgIpc) is 3.30. The van der Waals surface area contributed by atoms with E-state index in [9.17, 15) is 38.9 Å². The number of benzene rings is 2. The van der Waals surface area contributed by atoms with Crippen LogP contribution >= 0.6 is 11.8 Å². The summed E-state index contributed by atoms with van der Waals surface area (Å²) < 4.78 is 19.3. The fourth-order valence-electron chi connectivity index (χ4n) is 5.17.